The minimum absolute atomic E-state index is 0.0294. The van der Waals surface area contributed by atoms with Gasteiger partial charge in [-0.25, -0.2) is 8.78 Å². The molecular weight excluding hydrogens is 502 g/mol. The lowest BCUT2D eigenvalue weighted by Crippen LogP contribution is -2.57. The third-order valence-electron chi connectivity index (χ3n) is 6.53. The van der Waals surface area contributed by atoms with Crippen molar-refractivity contribution in [2.45, 2.75) is 45.2 Å². The maximum atomic E-state index is 14.1. The lowest BCUT2D eigenvalue weighted by Gasteiger charge is -2.40. The van der Waals surface area contributed by atoms with Crippen LogP contribution in [-0.2, 0) is 39.9 Å². The van der Waals surface area contributed by atoms with Crippen LogP contribution < -0.4 is 5.32 Å². The Balaban J connectivity index is 1.97. The van der Waals surface area contributed by atoms with E-state index in [0.29, 0.717) is 25.5 Å². The molecule has 1 saturated heterocycles. The fourth-order valence-corrected chi connectivity index (χ4v) is 4.25. The fourth-order valence-electron chi connectivity index (χ4n) is 4.25. The van der Waals surface area contributed by atoms with Gasteiger partial charge in [0, 0.05) is 38.4 Å². The topological polar surface area (TPSA) is 103 Å². The monoisotopic (exact) mass is 536 g/mol. The van der Waals surface area contributed by atoms with Crippen molar-refractivity contribution in [3.8, 4) is 0 Å². The fraction of sp³-hybridized carbons (Fsp3) is 0.519. The van der Waals surface area contributed by atoms with Crippen molar-refractivity contribution < 1.29 is 42.1 Å². The summed E-state index contributed by atoms with van der Waals surface area (Å²) in [5, 5.41) is 2.47. The molecule has 1 spiro atoms. The Morgan fingerprint density at radius 1 is 1.21 bits per heavy atom. The summed E-state index contributed by atoms with van der Waals surface area (Å²) >= 11 is 0. The molecule has 38 heavy (non-hydrogen) atoms. The average molecular weight is 537 g/mol. The molecule has 11 heteroatoms. The van der Waals surface area contributed by atoms with Crippen LogP contribution in [0.5, 0.6) is 0 Å². The number of amides is 2. The second-order valence-electron chi connectivity index (χ2n) is 9.22. The average Bonchev–Trinajstić information content (AvgIpc) is 3.37. The number of nitrogens with zero attached hydrogens (tertiary/aromatic N) is 1. The van der Waals surface area contributed by atoms with Crippen LogP contribution in [0.4, 0.5) is 8.78 Å². The smallest absolute Gasteiger partial charge is 0.258 e. The number of ether oxygens (including phenoxy) is 4. The molecule has 2 aliphatic rings. The first kappa shape index (κ1) is 29.2. The second kappa shape index (κ2) is 13.5. The molecule has 3 rings (SSSR count). The first-order chi connectivity index (χ1) is 18.2. The number of methoxy groups -OCH3 is 1. The zero-order chi connectivity index (χ0) is 27.7. The summed E-state index contributed by atoms with van der Waals surface area (Å²) in [7, 11) is 1.52. The largest absolute Gasteiger partial charge is 0.498 e. The lowest BCUT2D eigenvalue weighted by atomic mass is 9.94. The number of halogens is 2. The molecule has 0 aromatic heterocycles. The van der Waals surface area contributed by atoms with Crippen LogP contribution in [0.15, 0.2) is 41.4 Å². The molecule has 2 aliphatic heterocycles. The lowest BCUT2D eigenvalue weighted by molar-refractivity contribution is -0.138. The van der Waals surface area contributed by atoms with Gasteiger partial charge in [-0.05, 0) is 25.8 Å². The Morgan fingerprint density at radius 3 is 2.66 bits per heavy atom. The van der Waals surface area contributed by atoms with Crippen LogP contribution in [-0.4, -0.2) is 74.7 Å². The molecule has 2 heterocycles. The molecule has 0 radical (unpaired) electrons. The van der Waals surface area contributed by atoms with E-state index in [0.717, 1.165) is 18.7 Å². The van der Waals surface area contributed by atoms with Gasteiger partial charge < -0.3 is 29.2 Å². The number of carbonyl (C=O) groups is 3. The Kier molecular flexibility index (Phi) is 10.4. The van der Waals surface area contributed by atoms with E-state index in [-0.39, 0.29) is 56.4 Å². The Bertz CT molecular complexity index is 1100. The van der Waals surface area contributed by atoms with E-state index >= 15 is 0 Å². The molecule has 1 N–H and O–H groups in total. The van der Waals surface area contributed by atoms with E-state index in [1.54, 1.807) is 4.90 Å². The predicted octanol–water partition coefficient (Wildman–Crippen LogP) is 2.79. The number of benzene rings is 1. The van der Waals surface area contributed by atoms with Gasteiger partial charge in [0.25, 0.3) is 11.8 Å². The molecule has 1 atom stereocenters. The highest BCUT2D eigenvalue weighted by Crippen LogP contribution is 2.30. The van der Waals surface area contributed by atoms with Crippen molar-refractivity contribution in [3.63, 3.8) is 0 Å². The van der Waals surface area contributed by atoms with Crippen molar-refractivity contribution in [1.82, 2.24) is 10.2 Å². The van der Waals surface area contributed by atoms with E-state index in [2.05, 4.69) is 5.32 Å². The quantitative estimate of drug-likeness (QED) is 0.362. The van der Waals surface area contributed by atoms with Crippen molar-refractivity contribution in [3.05, 3.63) is 58.6 Å². The summed E-state index contributed by atoms with van der Waals surface area (Å²) in [4.78, 5) is 42.0. The van der Waals surface area contributed by atoms with Crippen molar-refractivity contribution in [2.24, 2.45) is 0 Å². The van der Waals surface area contributed by atoms with Crippen LogP contribution in [0.25, 0.3) is 0 Å². The van der Waals surface area contributed by atoms with Crippen molar-refractivity contribution >= 4 is 17.6 Å². The molecule has 1 aromatic rings. The van der Waals surface area contributed by atoms with E-state index in [9.17, 15) is 23.2 Å². The molecule has 0 aliphatic carbocycles. The normalized spacial score (nSPS) is 23.7. The van der Waals surface area contributed by atoms with Crippen LogP contribution in [0.2, 0.25) is 0 Å². The van der Waals surface area contributed by atoms with Crippen molar-refractivity contribution in [1.29, 1.82) is 0 Å². The molecular formula is C27H34F2N2O7. The molecule has 9 nitrogen and oxygen atoms in total. The van der Waals surface area contributed by atoms with Gasteiger partial charge in [-0.2, -0.15) is 0 Å². The Morgan fingerprint density at radius 2 is 2.00 bits per heavy atom. The highest BCUT2D eigenvalue weighted by Gasteiger charge is 2.45. The van der Waals surface area contributed by atoms with Gasteiger partial charge in [-0.1, -0.05) is 19.4 Å². The van der Waals surface area contributed by atoms with Gasteiger partial charge in [0.05, 0.1) is 31.7 Å². The van der Waals surface area contributed by atoms with Crippen LogP contribution in [0, 0.1) is 11.6 Å². The SMILES string of the molecule is CCCCO/C1=C(/C)C(=O)N(CCOC)C2(CCOC2)CO/C=C(/C(=O)NCc2ccc(F)cc2F)C1=O. The molecule has 0 saturated carbocycles. The molecule has 1 aromatic carbocycles. The van der Waals surface area contributed by atoms with Crippen LogP contribution in [0.3, 0.4) is 0 Å². The summed E-state index contributed by atoms with van der Waals surface area (Å²) in [6.45, 7) is 4.35. The predicted molar refractivity (Wildman–Crippen MR) is 133 cm³/mol. The number of rotatable bonds is 10. The number of allylic oxidation sites excluding steroid dienone is 1. The van der Waals surface area contributed by atoms with E-state index in [1.165, 1.54) is 20.1 Å². The minimum Gasteiger partial charge on any atom is -0.498 e. The number of nitrogens with one attached hydrogen (secondary N) is 1. The van der Waals surface area contributed by atoms with Gasteiger partial charge >= 0.3 is 0 Å². The zero-order valence-electron chi connectivity index (χ0n) is 21.9. The number of carbonyl (C=O) groups excluding carboxylic acids is 3. The summed E-state index contributed by atoms with van der Waals surface area (Å²) in [6, 6.07) is 2.97. The first-order valence-corrected chi connectivity index (χ1v) is 12.5. The summed E-state index contributed by atoms with van der Waals surface area (Å²) in [5.41, 5.74) is -1.18. The molecule has 1 fully saturated rings. The number of ketones is 1. The zero-order valence-corrected chi connectivity index (χ0v) is 21.9. The molecule has 2 amide bonds. The molecule has 0 bridgehead atoms. The van der Waals surface area contributed by atoms with Crippen molar-refractivity contribution in [2.75, 3.05) is 46.7 Å². The number of hydrogen-bond acceptors (Lipinski definition) is 7. The maximum Gasteiger partial charge on any atom is 0.258 e. The van der Waals surface area contributed by atoms with Gasteiger partial charge in [-0.3, -0.25) is 14.4 Å². The van der Waals surface area contributed by atoms with Crippen LogP contribution in [0.1, 0.15) is 38.7 Å². The third-order valence-corrected chi connectivity index (χ3v) is 6.53. The van der Waals surface area contributed by atoms with Gasteiger partial charge in [0.15, 0.2) is 5.76 Å². The standard InChI is InChI=1S/C27H34F2N2O7/c1-4-5-10-38-24-18(2)26(34)31(9-12-35-3)27(8-11-36-16-27)17-37-15-21(23(24)32)25(33)30-14-19-6-7-20(28)13-22(19)29/h6-7,13,15H,4-5,8-12,14,16-17H2,1-3H3,(H,30,33)/b21-15+,24-18-. The van der Waals surface area contributed by atoms with Gasteiger partial charge in [0.1, 0.15) is 29.4 Å². The summed E-state index contributed by atoms with van der Waals surface area (Å²) in [6.07, 6.45) is 2.92. The second-order valence-corrected chi connectivity index (χ2v) is 9.22. The third kappa shape index (κ3) is 6.76. The number of hydrogen-bond donors (Lipinski definition) is 1. The number of Topliss-reactive ketones (excluding diaryl/α,β-unsaturated/α-hetero) is 1. The maximum absolute atomic E-state index is 14.1. The number of unbranched alkanes of at least 4 members (excludes halogenated alkanes) is 1. The Hall–Kier alpha value is -3.31. The Labute approximate surface area is 220 Å². The van der Waals surface area contributed by atoms with Crippen LogP contribution >= 0.6 is 0 Å². The van der Waals surface area contributed by atoms with Gasteiger partial charge in [-0.15, -0.1) is 0 Å². The van der Waals surface area contributed by atoms with E-state index in [1.807, 2.05) is 6.92 Å². The summed E-state index contributed by atoms with van der Waals surface area (Å²) < 4.78 is 49.7. The molecule has 1 unspecified atom stereocenters. The molecule has 208 valence electrons. The first-order valence-electron chi connectivity index (χ1n) is 12.5. The summed E-state index contributed by atoms with van der Waals surface area (Å²) in [5.74, 6) is -4.00. The van der Waals surface area contributed by atoms with Gasteiger partial charge in [0.2, 0.25) is 5.78 Å². The van der Waals surface area contributed by atoms with E-state index in [4.69, 9.17) is 18.9 Å². The highest BCUT2D eigenvalue weighted by molar-refractivity contribution is 6.26. The minimum atomic E-state index is -0.857. The highest BCUT2D eigenvalue weighted by atomic mass is 19.1. The van der Waals surface area contributed by atoms with E-state index < -0.39 is 40.3 Å².